The molecule has 5 heteroatoms. The zero-order valence-corrected chi connectivity index (χ0v) is 16.2. The Kier molecular flexibility index (Phi) is 6.14. The van der Waals surface area contributed by atoms with Crippen LogP contribution < -0.4 is 10.1 Å². The molecule has 1 amide bonds. The number of nitrogens with one attached hydrogen (secondary N) is 2. The Morgan fingerprint density at radius 3 is 2.78 bits per heavy atom. The van der Waals surface area contributed by atoms with Crippen LogP contribution in [-0.2, 0) is 17.8 Å². The SMILES string of the molecule is Cc1ccc2c(CCNCc3ccccc3OCC(=O)N(C)C)c[nH]c2c1. The fourth-order valence-corrected chi connectivity index (χ4v) is 3.01. The molecule has 2 N–H and O–H groups in total. The molecule has 0 radical (unpaired) electrons. The standard InChI is InChI=1S/C22H27N3O2/c1-16-8-9-19-17(14-24-20(19)12-16)10-11-23-13-18-6-4-5-7-21(18)27-15-22(26)25(2)3/h4-9,12,14,23-24H,10-11,13,15H2,1-3H3. The molecule has 0 fully saturated rings. The minimum atomic E-state index is -0.0488. The molecule has 0 aliphatic heterocycles. The van der Waals surface area contributed by atoms with Gasteiger partial charge in [-0.15, -0.1) is 0 Å². The molecule has 1 heterocycles. The molecule has 3 aromatic rings. The Hall–Kier alpha value is -2.79. The number of para-hydroxylation sites is 1. The third-order valence-corrected chi connectivity index (χ3v) is 4.63. The minimum Gasteiger partial charge on any atom is -0.483 e. The summed E-state index contributed by atoms with van der Waals surface area (Å²) in [6.07, 6.45) is 3.04. The first-order valence-electron chi connectivity index (χ1n) is 9.23. The van der Waals surface area contributed by atoms with Crippen molar-refractivity contribution in [3.8, 4) is 5.75 Å². The van der Waals surface area contributed by atoms with E-state index in [1.807, 2.05) is 24.3 Å². The second-order valence-corrected chi connectivity index (χ2v) is 6.97. The van der Waals surface area contributed by atoms with Crippen LogP contribution in [0.2, 0.25) is 0 Å². The molecule has 1 aromatic heterocycles. The highest BCUT2D eigenvalue weighted by molar-refractivity contribution is 5.83. The fraction of sp³-hybridized carbons (Fsp3) is 0.318. The number of fused-ring (bicyclic) bond motifs is 1. The molecule has 0 aliphatic rings. The lowest BCUT2D eigenvalue weighted by Gasteiger charge is -2.14. The smallest absolute Gasteiger partial charge is 0.259 e. The molecule has 0 saturated carbocycles. The maximum atomic E-state index is 11.7. The normalized spacial score (nSPS) is 10.9. The quantitative estimate of drug-likeness (QED) is 0.603. The average molecular weight is 365 g/mol. The monoisotopic (exact) mass is 365 g/mol. The third kappa shape index (κ3) is 4.89. The van der Waals surface area contributed by atoms with Gasteiger partial charge in [0.2, 0.25) is 0 Å². The number of amides is 1. The highest BCUT2D eigenvalue weighted by atomic mass is 16.5. The van der Waals surface area contributed by atoms with Crippen molar-refractivity contribution in [1.29, 1.82) is 0 Å². The van der Waals surface area contributed by atoms with Gasteiger partial charge < -0.3 is 19.9 Å². The summed E-state index contributed by atoms with van der Waals surface area (Å²) >= 11 is 0. The van der Waals surface area contributed by atoms with Crippen molar-refractivity contribution in [2.24, 2.45) is 0 Å². The molecule has 2 aromatic carbocycles. The van der Waals surface area contributed by atoms with Gasteiger partial charge in [0.25, 0.3) is 5.91 Å². The Morgan fingerprint density at radius 2 is 1.96 bits per heavy atom. The number of likely N-dealkylation sites (N-methyl/N-ethyl adjacent to an activating group) is 1. The first-order valence-corrected chi connectivity index (χ1v) is 9.23. The number of carbonyl (C=O) groups excluding carboxylic acids is 1. The van der Waals surface area contributed by atoms with Gasteiger partial charge in [0.15, 0.2) is 6.61 Å². The van der Waals surface area contributed by atoms with Crippen LogP contribution in [0.1, 0.15) is 16.7 Å². The average Bonchev–Trinajstić information content (AvgIpc) is 3.05. The molecule has 0 unspecified atom stereocenters. The zero-order valence-electron chi connectivity index (χ0n) is 16.2. The Morgan fingerprint density at radius 1 is 1.15 bits per heavy atom. The first kappa shape index (κ1) is 19.0. The lowest BCUT2D eigenvalue weighted by atomic mass is 10.1. The van der Waals surface area contributed by atoms with Gasteiger partial charge in [0.05, 0.1) is 0 Å². The summed E-state index contributed by atoms with van der Waals surface area (Å²) in [6, 6.07) is 14.3. The summed E-state index contributed by atoms with van der Waals surface area (Å²) in [5, 5.41) is 4.76. The van der Waals surface area contributed by atoms with Crippen LogP contribution in [0.15, 0.2) is 48.7 Å². The molecule has 0 aliphatic carbocycles. The van der Waals surface area contributed by atoms with E-state index >= 15 is 0 Å². The first-order chi connectivity index (χ1) is 13.0. The van der Waals surface area contributed by atoms with Crippen LogP contribution in [0.4, 0.5) is 0 Å². The molecule has 142 valence electrons. The van der Waals surface area contributed by atoms with E-state index in [1.54, 1.807) is 14.1 Å². The molecular formula is C22H27N3O2. The second-order valence-electron chi connectivity index (χ2n) is 6.97. The molecule has 0 saturated heterocycles. The van der Waals surface area contributed by atoms with Gasteiger partial charge in [0, 0.05) is 43.3 Å². The van der Waals surface area contributed by atoms with E-state index in [2.05, 4.69) is 41.6 Å². The predicted molar refractivity (Wildman–Crippen MR) is 109 cm³/mol. The molecule has 5 nitrogen and oxygen atoms in total. The van der Waals surface area contributed by atoms with Gasteiger partial charge in [0.1, 0.15) is 5.75 Å². The third-order valence-electron chi connectivity index (χ3n) is 4.63. The Bertz CT molecular complexity index is 915. The van der Waals surface area contributed by atoms with Crippen LogP contribution in [0.3, 0.4) is 0 Å². The van der Waals surface area contributed by atoms with E-state index in [9.17, 15) is 4.79 Å². The van der Waals surface area contributed by atoms with Gasteiger partial charge in [-0.2, -0.15) is 0 Å². The number of rotatable bonds is 8. The molecule has 0 spiro atoms. The van der Waals surface area contributed by atoms with Crippen molar-refractivity contribution in [3.63, 3.8) is 0 Å². The second kappa shape index (κ2) is 8.73. The number of H-pyrrole nitrogens is 1. The van der Waals surface area contributed by atoms with Crippen LogP contribution >= 0.6 is 0 Å². The van der Waals surface area contributed by atoms with Crippen molar-refractivity contribution in [2.75, 3.05) is 27.2 Å². The van der Waals surface area contributed by atoms with Gasteiger partial charge in [-0.1, -0.05) is 30.3 Å². The maximum Gasteiger partial charge on any atom is 0.259 e. The van der Waals surface area contributed by atoms with Gasteiger partial charge in [-0.05, 0) is 43.1 Å². The van der Waals surface area contributed by atoms with Gasteiger partial charge in [-0.3, -0.25) is 4.79 Å². The van der Waals surface area contributed by atoms with Crippen LogP contribution in [0, 0.1) is 6.92 Å². The van der Waals surface area contributed by atoms with E-state index < -0.39 is 0 Å². The summed E-state index contributed by atoms with van der Waals surface area (Å²) in [7, 11) is 3.45. The summed E-state index contributed by atoms with van der Waals surface area (Å²) in [5.41, 5.74) is 4.82. The number of aromatic nitrogens is 1. The number of aryl methyl sites for hydroxylation is 1. The summed E-state index contributed by atoms with van der Waals surface area (Å²) in [4.78, 5) is 16.6. The van der Waals surface area contributed by atoms with E-state index in [1.165, 1.54) is 26.9 Å². The number of ether oxygens (including phenoxy) is 1. The Labute approximate surface area is 160 Å². The lowest BCUT2D eigenvalue weighted by Crippen LogP contribution is -2.28. The highest BCUT2D eigenvalue weighted by Crippen LogP contribution is 2.20. The Balaban J connectivity index is 1.53. The van der Waals surface area contributed by atoms with E-state index in [-0.39, 0.29) is 12.5 Å². The molecule has 0 bridgehead atoms. The predicted octanol–water partition coefficient (Wildman–Crippen LogP) is 3.28. The maximum absolute atomic E-state index is 11.7. The van der Waals surface area contributed by atoms with Crippen molar-refractivity contribution in [1.82, 2.24) is 15.2 Å². The van der Waals surface area contributed by atoms with Crippen LogP contribution in [0.5, 0.6) is 5.75 Å². The van der Waals surface area contributed by atoms with Crippen molar-refractivity contribution >= 4 is 16.8 Å². The topological polar surface area (TPSA) is 57.4 Å². The molecule has 3 rings (SSSR count). The number of hydrogen-bond acceptors (Lipinski definition) is 3. The number of benzene rings is 2. The van der Waals surface area contributed by atoms with Crippen molar-refractivity contribution < 1.29 is 9.53 Å². The number of hydrogen-bond donors (Lipinski definition) is 2. The zero-order chi connectivity index (χ0) is 19.2. The lowest BCUT2D eigenvalue weighted by molar-refractivity contribution is -0.130. The molecule has 0 atom stereocenters. The van der Waals surface area contributed by atoms with Gasteiger partial charge in [-0.25, -0.2) is 0 Å². The van der Waals surface area contributed by atoms with Crippen LogP contribution in [0.25, 0.3) is 10.9 Å². The van der Waals surface area contributed by atoms with Gasteiger partial charge >= 0.3 is 0 Å². The van der Waals surface area contributed by atoms with Crippen molar-refractivity contribution in [2.45, 2.75) is 19.9 Å². The largest absolute Gasteiger partial charge is 0.483 e. The highest BCUT2D eigenvalue weighted by Gasteiger charge is 2.08. The van der Waals surface area contributed by atoms with E-state index in [4.69, 9.17) is 4.74 Å². The summed E-state index contributed by atoms with van der Waals surface area (Å²) in [5.74, 6) is 0.704. The van der Waals surface area contributed by atoms with Crippen molar-refractivity contribution in [3.05, 3.63) is 65.4 Å². The van der Waals surface area contributed by atoms with E-state index in [0.717, 1.165) is 24.3 Å². The molecular weight excluding hydrogens is 338 g/mol. The van der Waals surface area contributed by atoms with E-state index in [0.29, 0.717) is 6.54 Å². The van der Waals surface area contributed by atoms with Crippen LogP contribution in [-0.4, -0.2) is 43.0 Å². The number of nitrogens with zero attached hydrogens (tertiary/aromatic N) is 1. The summed E-state index contributed by atoms with van der Waals surface area (Å²) in [6.45, 7) is 3.73. The number of aromatic amines is 1. The summed E-state index contributed by atoms with van der Waals surface area (Å²) < 4.78 is 5.70. The fourth-order valence-electron chi connectivity index (χ4n) is 3.01. The number of carbonyl (C=O) groups is 1. The molecule has 27 heavy (non-hydrogen) atoms. The minimum absolute atomic E-state index is 0.0488.